The van der Waals surface area contributed by atoms with Gasteiger partial charge in [0, 0.05) is 31.2 Å². The quantitative estimate of drug-likeness (QED) is 0.848. The highest BCUT2D eigenvalue weighted by Crippen LogP contribution is 2.35. The van der Waals surface area contributed by atoms with Crippen molar-refractivity contribution in [2.24, 2.45) is 5.92 Å². The molecule has 1 amide bonds. The van der Waals surface area contributed by atoms with Gasteiger partial charge in [-0.05, 0) is 50.6 Å². The third-order valence-corrected chi connectivity index (χ3v) is 5.24. The first-order chi connectivity index (χ1) is 11.0. The van der Waals surface area contributed by atoms with Crippen molar-refractivity contribution < 1.29 is 4.79 Å². The van der Waals surface area contributed by atoms with Crippen molar-refractivity contribution in [1.29, 1.82) is 0 Å². The number of carbonyl (C=O) groups is 1. The molecule has 128 valence electrons. The third kappa shape index (κ3) is 4.55. The summed E-state index contributed by atoms with van der Waals surface area (Å²) in [7, 11) is 6.07. The van der Waals surface area contributed by atoms with Gasteiger partial charge in [0.1, 0.15) is 0 Å². The lowest BCUT2D eigenvalue weighted by Gasteiger charge is -2.45. The topological polar surface area (TPSA) is 44.4 Å². The van der Waals surface area contributed by atoms with E-state index >= 15 is 0 Å². The van der Waals surface area contributed by atoms with E-state index in [-0.39, 0.29) is 11.4 Å². The minimum Gasteiger partial charge on any atom is -0.355 e. The molecule has 1 aliphatic rings. The van der Waals surface area contributed by atoms with E-state index in [1.54, 1.807) is 7.05 Å². The minimum absolute atomic E-state index is 0.0349. The Morgan fingerprint density at radius 3 is 2.57 bits per heavy atom. The summed E-state index contributed by atoms with van der Waals surface area (Å²) in [5.41, 5.74) is 2.21. The molecule has 23 heavy (non-hydrogen) atoms. The summed E-state index contributed by atoms with van der Waals surface area (Å²) in [6.07, 6.45) is 5.22. The van der Waals surface area contributed by atoms with Gasteiger partial charge in [-0.1, -0.05) is 31.9 Å². The molecule has 2 unspecified atom stereocenters. The van der Waals surface area contributed by atoms with Crippen LogP contribution in [0.5, 0.6) is 0 Å². The van der Waals surface area contributed by atoms with E-state index in [0.717, 1.165) is 19.0 Å². The molecule has 1 aromatic carbocycles. The molecular formula is C19H31N3O. The Labute approximate surface area is 140 Å². The van der Waals surface area contributed by atoms with Gasteiger partial charge in [-0.15, -0.1) is 0 Å². The Hall–Kier alpha value is -1.39. The van der Waals surface area contributed by atoms with Crippen LogP contribution in [0.25, 0.3) is 0 Å². The van der Waals surface area contributed by atoms with Gasteiger partial charge in [0.25, 0.3) is 5.91 Å². The van der Waals surface area contributed by atoms with Gasteiger partial charge in [0.05, 0.1) is 0 Å². The predicted molar refractivity (Wildman–Crippen MR) is 95.6 cm³/mol. The second-order valence-electron chi connectivity index (χ2n) is 7.20. The van der Waals surface area contributed by atoms with Crippen LogP contribution in [-0.4, -0.2) is 44.0 Å². The highest BCUT2D eigenvalue weighted by Gasteiger charge is 2.36. The Morgan fingerprint density at radius 2 is 2.00 bits per heavy atom. The van der Waals surface area contributed by atoms with Crippen LogP contribution in [-0.2, 0) is 6.54 Å². The highest BCUT2D eigenvalue weighted by molar-refractivity contribution is 5.93. The van der Waals surface area contributed by atoms with Crippen molar-refractivity contribution in [2.75, 3.05) is 27.7 Å². The molecule has 0 spiro atoms. The maximum atomic E-state index is 11.6. The van der Waals surface area contributed by atoms with Crippen LogP contribution in [0.15, 0.2) is 24.3 Å². The molecule has 0 bridgehead atoms. The van der Waals surface area contributed by atoms with Gasteiger partial charge < -0.3 is 15.5 Å². The Morgan fingerprint density at radius 1 is 1.30 bits per heavy atom. The van der Waals surface area contributed by atoms with E-state index in [9.17, 15) is 4.79 Å². The number of rotatable bonds is 6. The molecule has 4 nitrogen and oxygen atoms in total. The summed E-state index contributed by atoms with van der Waals surface area (Å²) in [5, 5.41) is 6.28. The van der Waals surface area contributed by atoms with Crippen LogP contribution in [0.2, 0.25) is 0 Å². The smallest absolute Gasteiger partial charge is 0.251 e. The molecule has 2 rings (SSSR count). The molecule has 2 N–H and O–H groups in total. The first-order valence-electron chi connectivity index (χ1n) is 8.66. The fraction of sp³-hybridized carbons (Fsp3) is 0.632. The molecular weight excluding hydrogens is 286 g/mol. The molecule has 1 aromatic rings. The van der Waals surface area contributed by atoms with E-state index in [2.05, 4.69) is 36.6 Å². The summed E-state index contributed by atoms with van der Waals surface area (Å²) in [5.74, 6) is 0.770. The summed E-state index contributed by atoms with van der Waals surface area (Å²) in [6, 6.07) is 7.84. The van der Waals surface area contributed by atoms with Crippen molar-refractivity contribution in [3.05, 3.63) is 35.4 Å². The van der Waals surface area contributed by atoms with E-state index in [1.807, 2.05) is 24.3 Å². The molecule has 0 heterocycles. The van der Waals surface area contributed by atoms with Crippen molar-refractivity contribution >= 4 is 5.91 Å². The largest absolute Gasteiger partial charge is 0.355 e. The summed E-state index contributed by atoms with van der Waals surface area (Å²) >= 11 is 0. The highest BCUT2D eigenvalue weighted by atomic mass is 16.1. The SMILES string of the molecule is CNC(=O)c1ccc(CNCC2(N(C)C)CCCC(C)C2)cc1. The van der Waals surface area contributed by atoms with Crippen molar-refractivity contribution in [1.82, 2.24) is 15.5 Å². The second kappa shape index (κ2) is 7.93. The lowest BCUT2D eigenvalue weighted by atomic mass is 9.75. The molecule has 4 heteroatoms. The lowest BCUT2D eigenvalue weighted by Crippen LogP contribution is -2.54. The van der Waals surface area contributed by atoms with Crippen molar-refractivity contribution in [2.45, 2.75) is 44.7 Å². The number of nitrogens with zero attached hydrogens (tertiary/aromatic N) is 1. The lowest BCUT2D eigenvalue weighted by molar-refractivity contribution is 0.0749. The van der Waals surface area contributed by atoms with Crippen LogP contribution < -0.4 is 10.6 Å². The molecule has 1 fully saturated rings. The van der Waals surface area contributed by atoms with Crippen LogP contribution in [0.4, 0.5) is 0 Å². The molecule has 1 aliphatic carbocycles. The molecule has 0 radical (unpaired) electrons. The van der Waals surface area contributed by atoms with Gasteiger partial charge in [-0.2, -0.15) is 0 Å². The monoisotopic (exact) mass is 317 g/mol. The summed E-state index contributed by atoms with van der Waals surface area (Å²) in [6.45, 7) is 4.23. The fourth-order valence-electron chi connectivity index (χ4n) is 3.72. The zero-order valence-corrected chi connectivity index (χ0v) is 15.0. The standard InChI is InChI=1S/C19H31N3O/c1-15-6-5-11-19(12-15,22(3)4)14-21-13-16-7-9-17(10-8-16)18(23)20-2/h7-10,15,21H,5-6,11-14H2,1-4H3,(H,20,23). The van der Waals surface area contributed by atoms with Gasteiger partial charge in [-0.25, -0.2) is 0 Å². The molecule has 0 aromatic heterocycles. The van der Waals surface area contributed by atoms with Gasteiger partial charge in [-0.3, -0.25) is 4.79 Å². The molecule has 0 aliphatic heterocycles. The second-order valence-corrected chi connectivity index (χ2v) is 7.20. The zero-order valence-electron chi connectivity index (χ0n) is 15.0. The normalized spacial score (nSPS) is 24.7. The van der Waals surface area contributed by atoms with E-state index in [4.69, 9.17) is 0 Å². The van der Waals surface area contributed by atoms with Crippen LogP contribution >= 0.6 is 0 Å². The van der Waals surface area contributed by atoms with E-state index < -0.39 is 0 Å². The van der Waals surface area contributed by atoms with Crippen LogP contribution in [0.3, 0.4) is 0 Å². The number of carbonyl (C=O) groups excluding carboxylic acids is 1. The van der Waals surface area contributed by atoms with E-state index in [0.29, 0.717) is 5.56 Å². The maximum absolute atomic E-state index is 11.6. The summed E-state index contributed by atoms with van der Waals surface area (Å²) < 4.78 is 0. The first kappa shape index (κ1) is 18.0. The predicted octanol–water partition coefficient (Wildman–Crippen LogP) is 2.65. The average Bonchev–Trinajstić information content (AvgIpc) is 2.54. The van der Waals surface area contributed by atoms with Gasteiger partial charge >= 0.3 is 0 Å². The van der Waals surface area contributed by atoms with Crippen molar-refractivity contribution in [3.8, 4) is 0 Å². The third-order valence-electron chi connectivity index (χ3n) is 5.24. The Kier molecular flexibility index (Phi) is 6.19. The van der Waals surface area contributed by atoms with Crippen molar-refractivity contribution in [3.63, 3.8) is 0 Å². The maximum Gasteiger partial charge on any atom is 0.251 e. The van der Waals surface area contributed by atoms with Crippen LogP contribution in [0.1, 0.15) is 48.5 Å². The number of amides is 1. The minimum atomic E-state index is -0.0349. The number of benzene rings is 1. The molecule has 0 saturated heterocycles. The Bertz CT molecular complexity index is 512. The van der Waals surface area contributed by atoms with E-state index in [1.165, 1.54) is 31.2 Å². The fourth-order valence-corrected chi connectivity index (χ4v) is 3.72. The zero-order chi connectivity index (χ0) is 16.9. The molecule has 1 saturated carbocycles. The average molecular weight is 317 g/mol. The van der Waals surface area contributed by atoms with Crippen LogP contribution in [0, 0.1) is 5.92 Å². The number of hydrogen-bond donors (Lipinski definition) is 2. The number of nitrogens with one attached hydrogen (secondary N) is 2. The van der Waals surface area contributed by atoms with Gasteiger partial charge in [0.2, 0.25) is 0 Å². The first-order valence-corrected chi connectivity index (χ1v) is 8.66. The number of hydrogen-bond acceptors (Lipinski definition) is 3. The number of likely N-dealkylation sites (N-methyl/N-ethyl adjacent to an activating group) is 1. The Balaban J connectivity index is 1.91. The summed E-state index contributed by atoms with van der Waals surface area (Å²) in [4.78, 5) is 14.0. The van der Waals surface area contributed by atoms with Gasteiger partial charge in [0.15, 0.2) is 0 Å². The molecule has 2 atom stereocenters.